The first-order chi connectivity index (χ1) is 8.19. The van der Waals surface area contributed by atoms with E-state index < -0.39 is 0 Å². The summed E-state index contributed by atoms with van der Waals surface area (Å²) < 4.78 is 13.0. The predicted molar refractivity (Wildman–Crippen MR) is 65.0 cm³/mol. The lowest BCUT2D eigenvalue weighted by Gasteiger charge is -2.15. The minimum atomic E-state index is -0.223. The molecule has 1 fully saturated rings. The number of hydrogen-bond acceptors (Lipinski definition) is 1. The summed E-state index contributed by atoms with van der Waals surface area (Å²) in [5, 5.41) is 0. The van der Waals surface area contributed by atoms with Gasteiger partial charge in [-0.05, 0) is 24.1 Å². The fourth-order valence-corrected chi connectivity index (χ4v) is 2.13. The zero-order chi connectivity index (χ0) is 12.3. The summed E-state index contributed by atoms with van der Waals surface area (Å²) in [4.78, 5) is 13.5. The lowest BCUT2D eigenvalue weighted by atomic mass is 10.1. The normalized spacial score (nSPS) is 19.7. The van der Waals surface area contributed by atoms with Gasteiger partial charge in [0.25, 0.3) is 0 Å². The molecule has 0 aromatic heterocycles. The third kappa shape index (κ3) is 2.93. The Balaban J connectivity index is 1.90. The number of nitrogens with zero attached hydrogens (tertiary/aromatic N) is 1. The molecule has 90 valence electrons. The highest BCUT2D eigenvalue weighted by atomic mass is 19.1. The van der Waals surface area contributed by atoms with E-state index in [1.165, 1.54) is 12.1 Å². The van der Waals surface area contributed by atoms with Gasteiger partial charge in [-0.25, -0.2) is 4.39 Å². The second kappa shape index (κ2) is 5.13. The van der Waals surface area contributed by atoms with Gasteiger partial charge in [-0.2, -0.15) is 0 Å². The molecule has 1 atom stereocenters. The van der Waals surface area contributed by atoms with E-state index in [0.29, 0.717) is 19.4 Å². The molecule has 1 amide bonds. The van der Waals surface area contributed by atoms with Crippen LogP contribution in [0.3, 0.4) is 0 Å². The van der Waals surface area contributed by atoms with Crippen molar-refractivity contribution in [2.75, 3.05) is 13.1 Å². The van der Waals surface area contributed by atoms with Crippen molar-refractivity contribution in [3.05, 3.63) is 48.3 Å². The first kappa shape index (κ1) is 11.8. The number of hydrogen-bond donors (Lipinski definition) is 0. The van der Waals surface area contributed by atoms with Gasteiger partial charge in [-0.1, -0.05) is 18.2 Å². The van der Waals surface area contributed by atoms with Gasteiger partial charge in [-0.3, -0.25) is 4.79 Å². The van der Waals surface area contributed by atoms with Crippen molar-refractivity contribution < 1.29 is 9.18 Å². The van der Waals surface area contributed by atoms with E-state index in [0.717, 1.165) is 12.1 Å². The number of likely N-dealkylation sites (tertiary alicyclic amines) is 1. The minimum Gasteiger partial charge on any atom is -0.342 e. The zero-order valence-corrected chi connectivity index (χ0v) is 9.73. The van der Waals surface area contributed by atoms with Crippen molar-refractivity contribution in [1.82, 2.24) is 4.90 Å². The third-order valence-electron chi connectivity index (χ3n) is 3.14. The zero-order valence-electron chi connectivity index (χ0n) is 9.73. The van der Waals surface area contributed by atoms with Crippen LogP contribution in [0.2, 0.25) is 0 Å². The number of carbonyl (C=O) groups excluding carboxylic acids is 1. The lowest BCUT2D eigenvalue weighted by Crippen LogP contribution is -2.27. The van der Waals surface area contributed by atoms with Crippen molar-refractivity contribution in [1.29, 1.82) is 0 Å². The van der Waals surface area contributed by atoms with Crippen molar-refractivity contribution >= 4 is 5.91 Å². The molecule has 17 heavy (non-hydrogen) atoms. The van der Waals surface area contributed by atoms with E-state index in [2.05, 4.69) is 6.58 Å². The highest BCUT2D eigenvalue weighted by molar-refractivity contribution is 5.78. The Labute approximate surface area is 101 Å². The van der Waals surface area contributed by atoms with Crippen LogP contribution in [-0.2, 0) is 11.2 Å². The monoisotopic (exact) mass is 233 g/mol. The molecule has 1 unspecified atom stereocenters. The minimum absolute atomic E-state index is 0.173. The van der Waals surface area contributed by atoms with Gasteiger partial charge in [-0.15, -0.1) is 6.58 Å². The maximum absolute atomic E-state index is 13.0. The maximum atomic E-state index is 13.0. The van der Waals surface area contributed by atoms with Gasteiger partial charge < -0.3 is 4.90 Å². The molecule has 1 aromatic carbocycles. The molecule has 0 aliphatic carbocycles. The quantitative estimate of drug-likeness (QED) is 0.731. The average Bonchev–Trinajstić information content (AvgIpc) is 2.68. The molecule has 0 bridgehead atoms. The summed E-state index contributed by atoms with van der Waals surface area (Å²) in [7, 11) is 0. The Morgan fingerprint density at radius 1 is 1.53 bits per heavy atom. The molecule has 0 spiro atoms. The van der Waals surface area contributed by atoms with E-state index >= 15 is 0 Å². The molecular formula is C14H16FNO. The van der Waals surface area contributed by atoms with Crippen LogP contribution in [0.25, 0.3) is 0 Å². The SMILES string of the molecule is C=CC1CC(=O)N(CCc2cccc(F)c2)C1. The van der Waals surface area contributed by atoms with Crippen LogP contribution in [-0.4, -0.2) is 23.9 Å². The fraction of sp³-hybridized carbons (Fsp3) is 0.357. The van der Waals surface area contributed by atoms with Gasteiger partial charge in [0.05, 0.1) is 0 Å². The Hall–Kier alpha value is -1.64. The van der Waals surface area contributed by atoms with Crippen LogP contribution in [0.4, 0.5) is 4.39 Å². The maximum Gasteiger partial charge on any atom is 0.223 e. The number of rotatable bonds is 4. The topological polar surface area (TPSA) is 20.3 Å². The van der Waals surface area contributed by atoms with Crippen LogP contribution < -0.4 is 0 Å². The number of halogens is 1. The highest BCUT2D eigenvalue weighted by Gasteiger charge is 2.26. The molecule has 0 N–H and O–H groups in total. The second-order valence-corrected chi connectivity index (χ2v) is 4.42. The summed E-state index contributed by atoms with van der Waals surface area (Å²) in [6.07, 6.45) is 3.10. The first-order valence-corrected chi connectivity index (χ1v) is 5.84. The van der Waals surface area contributed by atoms with Crippen LogP contribution in [0.5, 0.6) is 0 Å². The van der Waals surface area contributed by atoms with Crippen molar-refractivity contribution in [3.63, 3.8) is 0 Å². The third-order valence-corrected chi connectivity index (χ3v) is 3.14. The van der Waals surface area contributed by atoms with Crippen LogP contribution >= 0.6 is 0 Å². The molecule has 3 heteroatoms. The van der Waals surface area contributed by atoms with Crippen molar-refractivity contribution in [2.24, 2.45) is 5.92 Å². The molecule has 1 heterocycles. The Bertz CT molecular complexity index is 430. The molecule has 2 rings (SSSR count). The van der Waals surface area contributed by atoms with E-state index in [9.17, 15) is 9.18 Å². The van der Waals surface area contributed by atoms with Gasteiger partial charge in [0.1, 0.15) is 5.82 Å². The fourth-order valence-electron chi connectivity index (χ4n) is 2.13. The van der Waals surface area contributed by atoms with E-state index in [1.54, 1.807) is 6.07 Å². The summed E-state index contributed by atoms with van der Waals surface area (Å²) >= 11 is 0. The van der Waals surface area contributed by atoms with Gasteiger partial charge >= 0.3 is 0 Å². The van der Waals surface area contributed by atoms with E-state index in [1.807, 2.05) is 17.0 Å². The van der Waals surface area contributed by atoms with Crippen molar-refractivity contribution in [2.45, 2.75) is 12.8 Å². The number of carbonyl (C=O) groups is 1. The molecule has 1 saturated heterocycles. The number of amides is 1. The molecule has 0 saturated carbocycles. The molecule has 1 aliphatic heterocycles. The van der Waals surface area contributed by atoms with Crippen LogP contribution in [0.15, 0.2) is 36.9 Å². The largest absolute Gasteiger partial charge is 0.342 e. The summed E-state index contributed by atoms with van der Waals surface area (Å²) in [6, 6.07) is 6.53. The molecule has 2 nitrogen and oxygen atoms in total. The van der Waals surface area contributed by atoms with Crippen LogP contribution in [0.1, 0.15) is 12.0 Å². The van der Waals surface area contributed by atoms with Crippen molar-refractivity contribution in [3.8, 4) is 0 Å². The number of benzene rings is 1. The average molecular weight is 233 g/mol. The summed E-state index contributed by atoms with van der Waals surface area (Å²) in [5.41, 5.74) is 0.930. The Kier molecular flexibility index (Phi) is 3.57. The standard InChI is InChI=1S/C14H16FNO/c1-2-11-9-14(17)16(10-11)7-6-12-4-3-5-13(15)8-12/h2-5,8,11H,1,6-7,9-10H2. The smallest absolute Gasteiger partial charge is 0.223 e. The van der Waals surface area contributed by atoms with Gasteiger partial charge in [0.2, 0.25) is 5.91 Å². The molecular weight excluding hydrogens is 217 g/mol. The van der Waals surface area contributed by atoms with E-state index in [4.69, 9.17) is 0 Å². The lowest BCUT2D eigenvalue weighted by molar-refractivity contribution is -0.127. The van der Waals surface area contributed by atoms with Crippen LogP contribution in [0, 0.1) is 11.7 Å². The van der Waals surface area contributed by atoms with Gasteiger partial charge in [0.15, 0.2) is 0 Å². The summed E-state index contributed by atoms with van der Waals surface area (Å²) in [5.74, 6) is 0.223. The molecule has 1 aliphatic rings. The first-order valence-electron chi connectivity index (χ1n) is 5.84. The highest BCUT2D eigenvalue weighted by Crippen LogP contribution is 2.18. The van der Waals surface area contributed by atoms with E-state index in [-0.39, 0.29) is 17.6 Å². The molecule has 1 aromatic rings. The van der Waals surface area contributed by atoms with Gasteiger partial charge in [0, 0.05) is 25.4 Å². The molecule has 0 radical (unpaired) electrons. The predicted octanol–water partition coefficient (Wildman–Crippen LogP) is 2.40. The second-order valence-electron chi connectivity index (χ2n) is 4.42. The summed E-state index contributed by atoms with van der Waals surface area (Å²) in [6.45, 7) is 5.12. The Morgan fingerprint density at radius 2 is 2.35 bits per heavy atom. The Morgan fingerprint density at radius 3 is 3.00 bits per heavy atom.